The molecule has 12 N–H and O–H groups in total. The number of hydrogen-bond acceptors (Lipinski definition) is 9. The van der Waals surface area contributed by atoms with E-state index in [0.717, 1.165) is 0 Å². The molecule has 0 fully saturated rings. The molecule has 0 aliphatic heterocycles. The fraction of sp³-hybridized carbons (Fsp3) is 0.625. The fourth-order valence-electron chi connectivity index (χ4n) is 2.26. The quantitative estimate of drug-likeness (QED) is 0.0461. The van der Waals surface area contributed by atoms with Crippen LogP contribution in [0, 0.1) is 0 Å². The van der Waals surface area contributed by atoms with Gasteiger partial charge in [-0.05, 0) is 12.8 Å². The Balaban J connectivity index is 5.29. The molecule has 0 aliphatic carbocycles. The van der Waals surface area contributed by atoms with Gasteiger partial charge in [-0.15, -0.1) is 0 Å². The number of aliphatic hydroxyl groups is 1. The third kappa shape index (κ3) is 11.3. The van der Waals surface area contributed by atoms with Gasteiger partial charge in [0.1, 0.15) is 18.1 Å². The van der Waals surface area contributed by atoms with E-state index in [-0.39, 0.29) is 31.1 Å². The second kappa shape index (κ2) is 14.8. The van der Waals surface area contributed by atoms with E-state index in [1.54, 1.807) is 0 Å². The summed E-state index contributed by atoms with van der Waals surface area (Å²) in [5.41, 5.74) is 15.9. The highest BCUT2D eigenvalue weighted by molar-refractivity contribution is 7.80. The number of hydrogen-bond donors (Lipinski definition) is 10. The van der Waals surface area contributed by atoms with Crippen LogP contribution in [0.4, 0.5) is 0 Å². The van der Waals surface area contributed by atoms with Crippen molar-refractivity contribution in [2.75, 3.05) is 18.9 Å². The molecule has 0 bridgehead atoms. The Morgan fingerprint density at radius 2 is 1.44 bits per heavy atom. The van der Waals surface area contributed by atoms with Gasteiger partial charge in [0.25, 0.3) is 0 Å². The summed E-state index contributed by atoms with van der Waals surface area (Å²) in [6, 6.07) is -5.61. The van der Waals surface area contributed by atoms with Gasteiger partial charge in [0, 0.05) is 12.3 Å². The highest BCUT2D eigenvalue weighted by Gasteiger charge is 2.29. The van der Waals surface area contributed by atoms with E-state index in [4.69, 9.17) is 27.4 Å². The van der Waals surface area contributed by atoms with Crippen molar-refractivity contribution in [1.82, 2.24) is 16.0 Å². The lowest BCUT2D eigenvalue weighted by Crippen LogP contribution is -2.58. The molecule has 0 aromatic heterocycles. The van der Waals surface area contributed by atoms with Crippen LogP contribution in [0.25, 0.3) is 0 Å². The molecule has 16 heteroatoms. The minimum Gasteiger partial charge on any atom is -0.481 e. The number of nitrogens with one attached hydrogen (secondary N) is 3. The molecule has 0 radical (unpaired) electrons. The first-order valence-corrected chi connectivity index (χ1v) is 9.94. The maximum atomic E-state index is 12.6. The van der Waals surface area contributed by atoms with E-state index in [9.17, 15) is 29.1 Å². The molecule has 15 nitrogen and oxygen atoms in total. The number of amides is 3. The summed E-state index contributed by atoms with van der Waals surface area (Å²) in [5.74, 6) is -5.94. The second-order valence-corrected chi connectivity index (χ2v) is 6.91. The number of nitrogens with zero attached hydrogens (tertiary/aromatic N) is 1. The van der Waals surface area contributed by atoms with Crippen molar-refractivity contribution in [2.45, 2.75) is 43.4 Å². The topological polar surface area (TPSA) is 273 Å². The van der Waals surface area contributed by atoms with Crippen molar-refractivity contribution in [3.05, 3.63) is 0 Å². The monoisotopic (exact) mass is 479 g/mol. The van der Waals surface area contributed by atoms with E-state index in [1.165, 1.54) is 0 Å². The molecular formula is C16H29N7O8S. The molecule has 32 heavy (non-hydrogen) atoms. The molecule has 0 rings (SSSR count). The lowest BCUT2D eigenvalue weighted by atomic mass is 10.1. The maximum absolute atomic E-state index is 12.6. The lowest BCUT2D eigenvalue weighted by molar-refractivity contribution is -0.142. The predicted octanol–water partition coefficient (Wildman–Crippen LogP) is -4.70. The van der Waals surface area contributed by atoms with Crippen LogP contribution < -0.4 is 33.2 Å². The van der Waals surface area contributed by atoms with Gasteiger partial charge in [-0.2, -0.15) is 12.6 Å². The lowest BCUT2D eigenvalue weighted by Gasteiger charge is -2.24. The summed E-state index contributed by atoms with van der Waals surface area (Å²) >= 11 is 3.80. The van der Waals surface area contributed by atoms with Gasteiger partial charge in [-0.25, -0.2) is 4.79 Å². The number of carboxylic acids is 2. The second-order valence-electron chi connectivity index (χ2n) is 6.54. The van der Waals surface area contributed by atoms with Crippen LogP contribution in [0.3, 0.4) is 0 Å². The van der Waals surface area contributed by atoms with Crippen molar-refractivity contribution in [3.63, 3.8) is 0 Å². The number of aliphatic imine (C=N–C) groups is 1. The number of aliphatic hydroxyl groups excluding tert-OH is 1. The molecule has 182 valence electrons. The highest BCUT2D eigenvalue weighted by atomic mass is 32.1. The number of carboxylic acid groups (broad SMARTS) is 2. The van der Waals surface area contributed by atoms with Crippen LogP contribution in [-0.2, 0) is 24.0 Å². The van der Waals surface area contributed by atoms with Crippen LogP contribution >= 0.6 is 12.6 Å². The van der Waals surface area contributed by atoms with Gasteiger partial charge in [-0.1, -0.05) is 0 Å². The van der Waals surface area contributed by atoms with Crippen LogP contribution in [0.5, 0.6) is 0 Å². The summed E-state index contributed by atoms with van der Waals surface area (Å²) in [7, 11) is 0. The molecule has 4 unspecified atom stereocenters. The largest absolute Gasteiger partial charge is 0.481 e. The predicted molar refractivity (Wildman–Crippen MR) is 115 cm³/mol. The van der Waals surface area contributed by atoms with E-state index < -0.39 is 66.9 Å². The summed E-state index contributed by atoms with van der Waals surface area (Å²) in [6.45, 7) is -0.765. The fourth-order valence-corrected chi connectivity index (χ4v) is 2.50. The normalized spacial score (nSPS) is 14.2. The number of nitrogens with two attached hydrogens (primary N) is 3. The Kier molecular flexibility index (Phi) is 13.4. The summed E-state index contributed by atoms with van der Waals surface area (Å²) < 4.78 is 0. The number of guanidine groups is 1. The van der Waals surface area contributed by atoms with Crippen molar-refractivity contribution < 1.29 is 39.3 Å². The molecule has 0 aromatic rings. The van der Waals surface area contributed by atoms with Crippen molar-refractivity contribution in [3.8, 4) is 0 Å². The highest BCUT2D eigenvalue weighted by Crippen LogP contribution is 2.02. The van der Waals surface area contributed by atoms with Crippen LogP contribution in [-0.4, -0.2) is 94.0 Å². The number of aliphatic carboxylic acids is 2. The Morgan fingerprint density at radius 1 is 0.906 bits per heavy atom. The Morgan fingerprint density at radius 3 is 1.91 bits per heavy atom. The Hall–Kier alpha value is -3.11. The van der Waals surface area contributed by atoms with Crippen LogP contribution in [0.2, 0.25) is 0 Å². The first kappa shape index (κ1) is 28.9. The standard InChI is InChI=1S/C16H29N7O8S/c17-7(4-11(25)26)12(27)21-8(2-1-3-20-16(18)19)13(28)22-9(5-24)14(29)23-10(6-32)15(30)31/h7-10,24,32H,1-6,17H2,(H,21,27)(H,22,28)(H,23,29)(H,25,26)(H,30,31)(H4,18,19,20). The van der Waals surface area contributed by atoms with E-state index >= 15 is 0 Å². The van der Waals surface area contributed by atoms with Crippen molar-refractivity contribution in [1.29, 1.82) is 0 Å². The molecule has 0 saturated carbocycles. The Labute approximate surface area is 188 Å². The zero-order valence-corrected chi connectivity index (χ0v) is 18.0. The molecule has 4 atom stereocenters. The molecule has 0 heterocycles. The number of rotatable bonds is 15. The molecule has 0 spiro atoms. The smallest absolute Gasteiger partial charge is 0.327 e. The summed E-state index contributed by atoms with van der Waals surface area (Å²) in [5, 5.41) is 33.7. The molecular weight excluding hydrogens is 450 g/mol. The number of carbonyl (C=O) groups is 5. The van der Waals surface area contributed by atoms with Crippen LogP contribution in [0.15, 0.2) is 4.99 Å². The first-order chi connectivity index (χ1) is 14.9. The van der Waals surface area contributed by atoms with E-state index in [1.807, 2.05) is 0 Å². The van der Waals surface area contributed by atoms with Gasteiger partial charge in [-0.3, -0.25) is 24.2 Å². The van der Waals surface area contributed by atoms with Gasteiger partial charge in [0.05, 0.1) is 19.1 Å². The minimum atomic E-state index is -1.53. The third-order valence-corrected chi connectivity index (χ3v) is 4.29. The van der Waals surface area contributed by atoms with Gasteiger partial charge in [0.15, 0.2) is 5.96 Å². The van der Waals surface area contributed by atoms with Gasteiger partial charge in [0.2, 0.25) is 17.7 Å². The average Bonchev–Trinajstić information content (AvgIpc) is 2.70. The van der Waals surface area contributed by atoms with Gasteiger partial charge >= 0.3 is 11.9 Å². The number of thiol groups is 1. The average molecular weight is 480 g/mol. The number of carbonyl (C=O) groups excluding carboxylic acids is 3. The molecule has 0 saturated heterocycles. The molecule has 3 amide bonds. The van der Waals surface area contributed by atoms with Crippen LogP contribution in [0.1, 0.15) is 19.3 Å². The zero-order valence-electron chi connectivity index (χ0n) is 17.1. The minimum absolute atomic E-state index is 0.0255. The Bertz CT molecular complexity index is 717. The molecule has 0 aromatic carbocycles. The van der Waals surface area contributed by atoms with E-state index in [0.29, 0.717) is 0 Å². The van der Waals surface area contributed by atoms with Crippen molar-refractivity contribution in [2.24, 2.45) is 22.2 Å². The van der Waals surface area contributed by atoms with Crippen molar-refractivity contribution >= 4 is 48.2 Å². The first-order valence-electron chi connectivity index (χ1n) is 9.31. The van der Waals surface area contributed by atoms with Gasteiger partial charge < -0.3 is 48.5 Å². The SMILES string of the molecule is NC(N)=NCCCC(NC(=O)C(N)CC(=O)O)C(=O)NC(CO)C(=O)NC(CS)C(=O)O. The van der Waals surface area contributed by atoms with E-state index in [2.05, 4.69) is 33.6 Å². The zero-order chi connectivity index (χ0) is 24.8. The summed E-state index contributed by atoms with van der Waals surface area (Å²) in [6.07, 6.45) is -0.500. The summed E-state index contributed by atoms with van der Waals surface area (Å²) in [4.78, 5) is 62.4. The maximum Gasteiger partial charge on any atom is 0.327 e. The molecule has 0 aliphatic rings. The third-order valence-electron chi connectivity index (χ3n) is 3.92.